The van der Waals surface area contributed by atoms with Crippen molar-refractivity contribution in [3.63, 3.8) is 0 Å². The molecule has 8 heteroatoms. The van der Waals surface area contributed by atoms with Crippen LogP contribution in [0.5, 0.6) is 0 Å². The van der Waals surface area contributed by atoms with Crippen LogP contribution in [0.15, 0.2) is 47.8 Å². The first-order chi connectivity index (χ1) is 12.0. The fraction of sp³-hybridized carbons (Fsp3) is 0.412. The highest BCUT2D eigenvalue weighted by Gasteiger charge is 2.22. The Labute approximate surface area is 153 Å². The standard InChI is InChI=1S/C17H22N4O2S2/c1-25(22,23)21-9-5-8-20(10-11-21)16-12-18-13-17(19-16)24-14-15-6-3-2-4-7-15/h2-4,6-7,12-13H,5,8-11,14H2,1H3. The average Bonchev–Trinajstić information content (AvgIpc) is 2.87. The Morgan fingerprint density at radius 3 is 2.64 bits per heavy atom. The molecule has 1 aromatic heterocycles. The normalized spacial score (nSPS) is 16.6. The van der Waals surface area contributed by atoms with Gasteiger partial charge in [-0.1, -0.05) is 30.3 Å². The van der Waals surface area contributed by atoms with Gasteiger partial charge in [-0.15, -0.1) is 11.8 Å². The minimum absolute atomic E-state index is 0.488. The topological polar surface area (TPSA) is 66.4 Å². The van der Waals surface area contributed by atoms with Crippen molar-refractivity contribution in [3.05, 3.63) is 48.3 Å². The lowest BCUT2D eigenvalue weighted by molar-refractivity contribution is 0.437. The van der Waals surface area contributed by atoms with Gasteiger partial charge in [-0.3, -0.25) is 4.98 Å². The molecule has 3 rings (SSSR count). The number of hydrogen-bond acceptors (Lipinski definition) is 6. The van der Waals surface area contributed by atoms with Crippen molar-refractivity contribution in [1.29, 1.82) is 0 Å². The SMILES string of the molecule is CS(=O)(=O)N1CCCN(c2cncc(SCc3ccccc3)n2)CC1. The van der Waals surface area contributed by atoms with E-state index in [-0.39, 0.29) is 0 Å². The van der Waals surface area contributed by atoms with Crippen LogP contribution in [-0.2, 0) is 15.8 Å². The minimum Gasteiger partial charge on any atom is -0.354 e. The molecule has 0 bridgehead atoms. The molecule has 0 atom stereocenters. The molecule has 1 aromatic carbocycles. The van der Waals surface area contributed by atoms with Gasteiger partial charge in [-0.25, -0.2) is 17.7 Å². The van der Waals surface area contributed by atoms with E-state index in [1.54, 1.807) is 24.2 Å². The van der Waals surface area contributed by atoms with E-state index < -0.39 is 10.0 Å². The Morgan fingerprint density at radius 1 is 1.08 bits per heavy atom. The van der Waals surface area contributed by atoms with Gasteiger partial charge >= 0.3 is 0 Å². The maximum Gasteiger partial charge on any atom is 0.211 e. The molecule has 0 N–H and O–H groups in total. The Bertz CT molecular complexity index is 799. The molecule has 0 saturated carbocycles. The maximum atomic E-state index is 11.7. The second kappa shape index (κ2) is 8.16. The number of sulfonamides is 1. The monoisotopic (exact) mass is 378 g/mol. The maximum absolute atomic E-state index is 11.7. The largest absolute Gasteiger partial charge is 0.354 e. The number of thioether (sulfide) groups is 1. The molecule has 0 spiro atoms. The highest BCUT2D eigenvalue weighted by atomic mass is 32.2. The lowest BCUT2D eigenvalue weighted by atomic mass is 10.2. The summed E-state index contributed by atoms with van der Waals surface area (Å²) in [5.41, 5.74) is 1.25. The Hall–Kier alpha value is -1.64. The lowest BCUT2D eigenvalue weighted by Crippen LogP contribution is -2.34. The second-order valence-corrected chi connectivity index (χ2v) is 8.97. The molecule has 1 aliphatic rings. The summed E-state index contributed by atoms with van der Waals surface area (Å²) in [6.07, 6.45) is 5.58. The van der Waals surface area contributed by atoms with Crippen LogP contribution in [-0.4, -0.2) is 55.1 Å². The molecule has 2 heterocycles. The Balaban J connectivity index is 1.65. The Morgan fingerprint density at radius 2 is 1.88 bits per heavy atom. The van der Waals surface area contributed by atoms with Gasteiger partial charge in [0.2, 0.25) is 10.0 Å². The molecule has 1 aliphatic heterocycles. The van der Waals surface area contributed by atoms with Crippen molar-refractivity contribution >= 4 is 27.6 Å². The third-order valence-corrected chi connectivity index (χ3v) is 6.35. The van der Waals surface area contributed by atoms with Gasteiger partial charge in [0, 0.05) is 31.9 Å². The Kier molecular flexibility index (Phi) is 5.93. The van der Waals surface area contributed by atoms with Crippen LogP contribution in [0, 0.1) is 0 Å². The fourth-order valence-electron chi connectivity index (χ4n) is 2.75. The summed E-state index contributed by atoms with van der Waals surface area (Å²) >= 11 is 1.66. The predicted molar refractivity (Wildman–Crippen MR) is 101 cm³/mol. The van der Waals surface area contributed by atoms with Crippen LogP contribution < -0.4 is 4.90 Å². The van der Waals surface area contributed by atoms with E-state index in [9.17, 15) is 8.42 Å². The zero-order valence-electron chi connectivity index (χ0n) is 14.2. The van der Waals surface area contributed by atoms with Crippen molar-refractivity contribution in [3.8, 4) is 0 Å². The highest BCUT2D eigenvalue weighted by Crippen LogP contribution is 2.23. The van der Waals surface area contributed by atoms with E-state index in [0.717, 1.165) is 29.6 Å². The number of benzene rings is 1. The molecular weight excluding hydrogens is 356 g/mol. The van der Waals surface area contributed by atoms with Crippen molar-refractivity contribution in [2.75, 3.05) is 37.3 Å². The number of hydrogen-bond donors (Lipinski definition) is 0. The van der Waals surface area contributed by atoms with E-state index in [2.05, 4.69) is 22.0 Å². The number of anilines is 1. The van der Waals surface area contributed by atoms with Crippen LogP contribution in [0.25, 0.3) is 0 Å². The van der Waals surface area contributed by atoms with Gasteiger partial charge in [0.25, 0.3) is 0 Å². The third kappa shape index (κ3) is 5.17. The molecular formula is C17H22N4O2S2. The first-order valence-electron chi connectivity index (χ1n) is 8.21. The minimum atomic E-state index is -3.14. The van der Waals surface area contributed by atoms with Crippen LogP contribution in [0.4, 0.5) is 5.82 Å². The quantitative estimate of drug-likeness (QED) is 0.744. The molecule has 134 valence electrons. The summed E-state index contributed by atoms with van der Waals surface area (Å²) in [6, 6.07) is 10.3. The predicted octanol–water partition coefficient (Wildman–Crippen LogP) is 2.24. The van der Waals surface area contributed by atoms with Crippen LogP contribution in [0.3, 0.4) is 0 Å². The zero-order chi connectivity index (χ0) is 17.7. The van der Waals surface area contributed by atoms with E-state index >= 15 is 0 Å². The van der Waals surface area contributed by atoms with E-state index in [1.807, 2.05) is 18.2 Å². The molecule has 1 fully saturated rings. The van der Waals surface area contributed by atoms with E-state index in [4.69, 9.17) is 4.98 Å². The first-order valence-corrected chi connectivity index (χ1v) is 11.0. The van der Waals surface area contributed by atoms with Crippen LogP contribution >= 0.6 is 11.8 Å². The molecule has 25 heavy (non-hydrogen) atoms. The summed E-state index contributed by atoms with van der Waals surface area (Å²) in [7, 11) is -3.14. The van der Waals surface area contributed by atoms with Gasteiger partial charge < -0.3 is 4.90 Å². The molecule has 0 amide bonds. The number of nitrogens with zero attached hydrogens (tertiary/aromatic N) is 4. The van der Waals surface area contributed by atoms with Crippen LogP contribution in [0.2, 0.25) is 0 Å². The van der Waals surface area contributed by atoms with Gasteiger partial charge in [-0.2, -0.15) is 0 Å². The smallest absolute Gasteiger partial charge is 0.211 e. The molecule has 6 nitrogen and oxygen atoms in total. The summed E-state index contributed by atoms with van der Waals surface area (Å²) in [5, 5.41) is 0.880. The fourth-order valence-corrected chi connectivity index (χ4v) is 4.42. The molecule has 0 unspecified atom stereocenters. The van der Waals surface area contributed by atoms with Gasteiger partial charge in [0.15, 0.2) is 0 Å². The second-order valence-electron chi connectivity index (χ2n) is 5.99. The van der Waals surface area contributed by atoms with E-state index in [0.29, 0.717) is 19.6 Å². The number of rotatable bonds is 5. The van der Waals surface area contributed by atoms with Gasteiger partial charge in [0.05, 0.1) is 18.6 Å². The summed E-state index contributed by atoms with van der Waals surface area (Å²) in [4.78, 5) is 11.1. The van der Waals surface area contributed by atoms with Crippen LogP contribution in [0.1, 0.15) is 12.0 Å². The van der Waals surface area contributed by atoms with Crippen molar-refractivity contribution in [2.24, 2.45) is 0 Å². The third-order valence-electron chi connectivity index (χ3n) is 4.08. The highest BCUT2D eigenvalue weighted by molar-refractivity contribution is 7.98. The van der Waals surface area contributed by atoms with E-state index in [1.165, 1.54) is 16.1 Å². The summed E-state index contributed by atoms with van der Waals surface area (Å²) in [5.74, 6) is 1.66. The molecule has 2 aromatic rings. The zero-order valence-corrected chi connectivity index (χ0v) is 15.8. The lowest BCUT2D eigenvalue weighted by Gasteiger charge is -2.21. The average molecular weight is 379 g/mol. The van der Waals surface area contributed by atoms with Crippen molar-refractivity contribution in [2.45, 2.75) is 17.2 Å². The first kappa shape index (κ1) is 18.2. The van der Waals surface area contributed by atoms with Crippen molar-refractivity contribution < 1.29 is 8.42 Å². The number of aromatic nitrogens is 2. The molecule has 0 radical (unpaired) electrons. The van der Waals surface area contributed by atoms with Gasteiger partial charge in [0.1, 0.15) is 10.8 Å². The molecule has 0 aliphatic carbocycles. The molecule has 1 saturated heterocycles. The summed E-state index contributed by atoms with van der Waals surface area (Å²) in [6.45, 7) is 2.47. The summed E-state index contributed by atoms with van der Waals surface area (Å²) < 4.78 is 25.0. The van der Waals surface area contributed by atoms with Crippen molar-refractivity contribution in [1.82, 2.24) is 14.3 Å². The van der Waals surface area contributed by atoms with Gasteiger partial charge in [-0.05, 0) is 12.0 Å².